The third-order valence-electron chi connectivity index (χ3n) is 3.40. The number of hydrogen-bond acceptors (Lipinski definition) is 6. The first kappa shape index (κ1) is 15.0. The molecule has 0 atom stereocenters. The molecule has 0 aliphatic carbocycles. The van der Waals surface area contributed by atoms with Gasteiger partial charge < -0.3 is 9.26 Å². The monoisotopic (exact) mass is 313 g/mol. The van der Waals surface area contributed by atoms with Crippen molar-refractivity contribution in [3.63, 3.8) is 0 Å². The molecule has 0 spiro atoms. The summed E-state index contributed by atoms with van der Waals surface area (Å²) < 4.78 is 11.3. The second-order valence-corrected chi connectivity index (χ2v) is 5.19. The maximum absolute atomic E-state index is 12.0. The summed E-state index contributed by atoms with van der Waals surface area (Å²) in [6.07, 6.45) is -0.0224. The molecule has 0 bridgehead atoms. The molecule has 0 radical (unpaired) electrons. The van der Waals surface area contributed by atoms with E-state index in [0.29, 0.717) is 27.9 Å². The molecule has 2 heterocycles. The Morgan fingerprint density at radius 3 is 2.74 bits per heavy atom. The number of fused-ring (bicyclic) bond motifs is 1. The molecule has 118 valence electrons. The van der Waals surface area contributed by atoms with E-state index >= 15 is 0 Å². The number of nitrogens with zero attached hydrogens (tertiary/aromatic N) is 3. The molecule has 0 aliphatic rings. The normalized spacial score (nSPS) is 10.9. The van der Waals surface area contributed by atoms with Crippen LogP contribution in [0.4, 0.5) is 0 Å². The van der Waals surface area contributed by atoms with Crippen LogP contribution < -0.4 is 5.56 Å². The van der Waals surface area contributed by atoms with E-state index in [2.05, 4.69) is 10.3 Å². The molecule has 0 saturated carbocycles. The Hall–Kier alpha value is -2.96. The first-order valence-electron chi connectivity index (χ1n) is 7.07. The summed E-state index contributed by atoms with van der Waals surface area (Å²) in [7, 11) is 1.56. The van der Waals surface area contributed by atoms with Crippen LogP contribution in [0.2, 0.25) is 0 Å². The lowest BCUT2D eigenvalue weighted by Gasteiger charge is -2.07. The Morgan fingerprint density at radius 1 is 1.30 bits per heavy atom. The van der Waals surface area contributed by atoms with Gasteiger partial charge in [-0.05, 0) is 13.0 Å². The number of benzene rings is 1. The van der Waals surface area contributed by atoms with Crippen molar-refractivity contribution < 1.29 is 14.1 Å². The standard InChI is InChI=1S/C16H15N3O4/c1-10-7-11(18-23-10)9-22-15(20)8-14-12-5-3-4-6-13(12)16(21)19(2)17-14/h3-7H,8-9H2,1-2H3. The number of carbonyl (C=O) groups is 1. The van der Waals surface area contributed by atoms with E-state index in [-0.39, 0.29) is 18.6 Å². The van der Waals surface area contributed by atoms with Crippen molar-refractivity contribution in [2.45, 2.75) is 20.0 Å². The number of rotatable bonds is 4. The van der Waals surface area contributed by atoms with Gasteiger partial charge in [-0.15, -0.1) is 0 Å². The summed E-state index contributed by atoms with van der Waals surface area (Å²) in [4.78, 5) is 24.1. The van der Waals surface area contributed by atoms with Crippen LogP contribution in [0.15, 0.2) is 39.6 Å². The molecule has 3 aromatic rings. The quantitative estimate of drug-likeness (QED) is 0.679. The number of esters is 1. The molecule has 0 amide bonds. The zero-order valence-corrected chi connectivity index (χ0v) is 12.8. The summed E-state index contributed by atoms with van der Waals surface area (Å²) in [5.74, 6) is 0.212. The number of ether oxygens (including phenoxy) is 1. The van der Waals surface area contributed by atoms with Crippen molar-refractivity contribution in [2.75, 3.05) is 0 Å². The second kappa shape index (κ2) is 6.04. The minimum absolute atomic E-state index is 0.0224. The van der Waals surface area contributed by atoms with E-state index in [0.717, 1.165) is 0 Å². The highest BCUT2D eigenvalue weighted by atomic mass is 16.5. The van der Waals surface area contributed by atoms with E-state index in [4.69, 9.17) is 9.26 Å². The smallest absolute Gasteiger partial charge is 0.312 e. The van der Waals surface area contributed by atoms with Gasteiger partial charge >= 0.3 is 5.97 Å². The van der Waals surface area contributed by atoms with Crippen molar-refractivity contribution in [2.24, 2.45) is 7.05 Å². The molecule has 2 aromatic heterocycles. The highest BCUT2D eigenvalue weighted by Crippen LogP contribution is 2.14. The van der Waals surface area contributed by atoms with Gasteiger partial charge in [0.15, 0.2) is 0 Å². The molecule has 3 rings (SSSR count). The van der Waals surface area contributed by atoms with Crippen LogP contribution in [-0.2, 0) is 29.6 Å². The Kier molecular flexibility index (Phi) is 3.92. The fourth-order valence-corrected chi connectivity index (χ4v) is 2.33. The van der Waals surface area contributed by atoms with Gasteiger partial charge in [-0.3, -0.25) is 9.59 Å². The van der Waals surface area contributed by atoms with E-state index in [1.165, 1.54) is 4.68 Å². The average molecular weight is 313 g/mol. The third kappa shape index (κ3) is 3.13. The van der Waals surface area contributed by atoms with Crippen LogP contribution in [0.25, 0.3) is 10.8 Å². The van der Waals surface area contributed by atoms with Crippen LogP contribution in [0.3, 0.4) is 0 Å². The third-order valence-corrected chi connectivity index (χ3v) is 3.40. The van der Waals surface area contributed by atoms with Crippen LogP contribution >= 0.6 is 0 Å². The lowest BCUT2D eigenvalue weighted by Crippen LogP contribution is -2.22. The minimum atomic E-state index is -0.443. The maximum atomic E-state index is 12.0. The first-order valence-corrected chi connectivity index (χ1v) is 7.07. The number of aryl methyl sites for hydroxylation is 2. The maximum Gasteiger partial charge on any atom is 0.312 e. The second-order valence-electron chi connectivity index (χ2n) is 5.19. The molecular formula is C16H15N3O4. The number of carbonyl (C=O) groups excluding carboxylic acids is 1. The van der Waals surface area contributed by atoms with Gasteiger partial charge in [-0.25, -0.2) is 4.68 Å². The summed E-state index contributed by atoms with van der Waals surface area (Å²) in [6.45, 7) is 1.80. The Morgan fingerprint density at radius 2 is 2.04 bits per heavy atom. The van der Waals surface area contributed by atoms with Gasteiger partial charge in [-0.1, -0.05) is 23.4 Å². The Bertz CT molecular complexity index is 926. The van der Waals surface area contributed by atoms with Crippen LogP contribution in [0.5, 0.6) is 0 Å². The molecule has 7 heteroatoms. The summed E-state index contributed by atoms with van der Waals surface area (Å²) in [5, 5.41) is 9.11. The van der Waals surface area contributed by atoms with Gasteiger partial charge in [0.25, 0.3) is 5.56 Å². The predicted molar refractivity (Wildman–Crippen MR) is 81.7 cm³/mol. The topological polar surface area (TPSA) is 87.2 Å². The summed E-state index contributed by atoms with van der Waals surface area (Å²) >= 11 is 0. The molecule has 0 unspecified atom stereocenters. The molecule has 0 saturated heterocycles. The molecule has 1 aromatic carbocycles. The van der Waals surface area contributed by atoms with Crippen LogP contribution in [0, 0.1) is 6.92 Å². The van der Waals surface area contributed by atoms with Crippen molar-refractivity contribution in [1.29, 1.82) is 0 Å². The zero-order chi connectivity index (χ0) is 16.4. The molecule has 0 fully saturated rings. The van der Waals surface area contributed by atoms with E-state index in [1.54, 1.807) is 44.3 Å². The fraction of sp³-hybridized carbons (Fsp3) is 0.250. The Labute approximate surface area is 131 Å². The van der Waals surface area contributed by atoms with E-state index in [1.807, 2.05) is 0 Å². The van der Waals surface area contributed by atoms with Crippen molar-refractivity contribution >= 4 is 16.7 Å². The average Bonchev–Trinajstić information content (AvgIpc) is 2.96. The fourth-order valence-electron chi connectivity index (χ4n) is 2.33. The van der Waals surface area contributed by atoms with E-state index < -0.39 is 5.97 Å². The number of hydrogen-bond donors (Lipinski definition) is 0. The largest absolute Gasteiger partial charge is 0.459 e. The summed E-state index contributed by atoms with van der Waals surface area (Å²) in [5.41, 5.74) is 0.856. The number of aromatic nitrogens is 3. The van der Waals surface area contributed by atoms with Crippen LogP contribution in [0.1, 0.15) is 17.1 Å². The van der Waals surface area contributed by atoms with Gasteiger partial charge in [0.05, 0.1) is 17.5 Å². The molecule has 7 nitrogen and oxygen atoms in total. The van der Waals surface area contributed by atoms with Crippen molar-refractivity contribution in [3.05, 3.63) is 57.8 Å². The van der Waals surface area contributed by atoms with Crippen molar-refractivity contribution in [1.82, 2.24) is 14.9 Å². The van der Waals surface area contributed by atoms with Gasteiger partial charge in [0.1, 0.15) is 18.1 Å². The van der Waals surface area contributed by atoms with Gasteiger partial charge in [-0.2, -0.15) is 5.10 Å². The molecule has 23 heavy (non-hydrogen) atoms. The van der Waals surface area contributed by atoms with Gasteiger partial charge in [0.2, 0.25) is 0 Å². The van der Waals surface area contributed by atoms with Gasteiger partial charge in [0, 0.05) is 18.5 Å². The first-order chi connectivity index (χ1) is 11.0. The van der Waals surface area contributed by atoms with Crippen LogP contribution in [-0.4, -0.2) is 20.9 Å². The SMILES string of the molecule is Cc1cc(COC(=O)Cc2nn(C)c(=O)c3ccccc23)no1. The molecule has 0 aliphatic heterocycles. The highest BCUT2D eigenvalue weighted by Gasteiger charge is 2.14. The zero-order valence-electron chi connectivity index (χ0n) is 12.8. The lowest BCUT2D eigenvalue weighted by molar-refractivity contribution is -0.144. The van der Waals surface area contributed by atoms with E-state index in [9.17, 15) is 9.59 Å². The highest BCUT2D eigenvalue weighted by molar-refractivity contribution is 5.86. The molecular weight excluding hydrogens is 298 g/mol. The van der Waals surface area contributed by atoms with Crippen molar-refractivity contribution in [3.8, 4) is 0 Å². The molecule has 0 N–H and O–H groups in total. The lowest BCUT2D eigenvalue weighted by atomic mass is 10.1. The minimum Gasteiger partial charge on any atom is -0.459 e. The summed E-state index contributed by atoms with van der Waals surface area (Å²) in [6, 6.07) is 8.77. The Balaban J connectivity index is 1.79. The predicted octanol–water partition coefficient (Wildman–Crippen LogP) is 1.52.